The predicted molar refractivity (Wildman–Crippen MR) is 74.5 cm³/mol. The minimum Gasteiger partial charge on any atom is -0.466 e. The van der Waals surface area contributed by atoms with Crippen molar-refractivity contribution in [1.29, 1.82) is 0 Å². The molecular weight excluding hydrogens is 224 g/mol. The number of hydrogen-bond donors (Lipinski definition) is 0. The summed E-state index contributed by atoms with van der Waals surface area (Å²) in [6.45, 7) is 4.13. The molecule has 0 amide bonds. The van der Waals surface area contributed by atoms with Gasteiger partial charge in [-0.05, 0) is 47.4 Å². The lowest BCUT2D eigenvalue weighted by atomic mass is 9.97. The Morgan fingerprint density at radius 1 is 1.06 bits per heavy atom. The number of benzene rings is 2. The van der Waals surface area contributed by atoms with Crippen molar-refractivity contribution in [2.45, 2.75) is 13.8 Å². The summed E-state index contributed by atoms with van der Waals surface area (Å²) in [5.74, 6) is -0.334. The smallest absolute Gasteiger partial charge is 0.330 e. The molecule has 0 N–H and O–H groups in total. The largest absolute Gasteiger partial charge is 0.466 e. The van der Waals surface area contributed by atoms with Crippen LogP contribution in [0.2, 0.25) is 0 Å². The number of rotatable bonds is 2. The van der Waals surface area contributed by atoms with Crippen molar-refractivity contribution in [1.82, 2.24) is 0 Å². The van der Waals surface area contributed by atoms with Gasteiger partial charge < -0.3 is 4.74 Å². The van der Waals surface area contributed by atoms with E-state index in [9.17, 15) is 4.79 Å². The van der Waals surface area contributed by atoms with Gasteiger partial charge in [0.1, 0.15) is 0 Å². The summed E-state index contributed by atoms with van der Waals surface area (Å²) in [7, 11) is 1.38. The van der Waals surface area contributed by atoms with Gasteiger partial charge in [0.15, 0.2) is 0 Å². The summed E-state index contributed by atoms with van der Waals surface area (Å²) < 4.78 is 4.62. The fraction of sp³-hybridized carbons (Fsp3) is 0.188. The van der Waals surface area contributed by atoms with Crippen LogP contribution in [0.3, 0.4) is 0 Å². The average molecular weight is 240 g/mol. The van der Waals surface area contributed by atoms with Crippen LogP contribution in [0.25, 0.3) is 16.8 Å². The standard InChI is InChI=1S/C16H16O2/c1-11-5-4-6-15-13(11)8-7-12(2)14(15)9-10-16(17)18-3/h4-10H,1-3H3. The van der Waals surface area contributed by atoms with Gasteiger partial charge in [0.2, 0.25) is 0 Å². The Hall–Kier alpha value is -2.09. The van der Waals surface area contributed by atoms with Gasteiger partial charge in [-0.25, -0.2) is 4.79 Å². The number of methoxy groups -OCH3 is 1. The number of aryl methyl sites for hydroxylation is 2. The third kappa shape index (κ3) is 2.28. The Balaban J connectivity index is 2.62. The number of esters is 1. The van der Waals surface area contributed by atoms with Gasteiger partial charge in [0.05, 0.1) is 7.11 Å². The molecule has 0 radical (unpaired) electrons. The van der Waals surface area contributed by atoms with Gasteiger partial charge in [0, 0.05) is 6.08 Å². The molecule has 92 valence electrons. The maximum atomic E-state index is 11.2. The minimum atomic E-state index is -0.334. The van der Waals surface area contributed by atoms with E-state index in [2.05, 4.69) is 35.9 Å². The van der Waals surface area contributed by atoms with E-state index in [1.807, 2.05) is 19.1 Å². The third-order valence-electron chi connectivity index (χ3n) is 3.13. The number of hydrogen-bond acceptors (Lipinski definition) is 2. The van der Waals surface area contributed by atoms with Crippen molar-refractivity contribution >= 4 is 22.8 Å². The monoisotopic (exact) mass is 240 g/mol. The second-order valence-corrected chi connectivity index (χ2v) is 4.32. The quantitative estimate of drug-likeness (QED) is 0.591. The lowest BCUT2D eigenvalue weighted by Gasteiger charge is -2.08. The van der Waals surface area contributed by atoms with Crippen molar-refractivity contribution in [3.8, 4) is 0 Å². The molecule has 0 unspecified atom stereocenters. The molecule has 2 nitrogen and oxygen atoms in total. The summed E-state index contributed by atoms with van der Waals surface area (Å²) in [5, 5.41) is 2.38. The number of carbonyl (C=O) groups is 1. The first-order valence-corrected chi connectivity index (χ1v) is 5.88. The topological polar surface area (TPSA) is 26.3 Å². The third-order valence-corrected chi connectivity index (χ3v) is 3.13. The summed E-state index contributed by atoms with van der Waals surface area (Å²) in [6.07, 6.45) is 3.28. The van der Waals surface area contributed by atoms with Crippen LogP contribution in [0.15, 0.2) is 36.4 Å². The molecule has 0 saturated carbocycles. The normalized spacial score (nSPS) is 11.1. The Morgan fingerprint density at radius 3 is 2.56 bits per heavy atom. The van der Waals surface area contributed by atoms with E-state index >= 15 is 0 Å². The first-order chi connectivity index (χ1) is 8.63. The van der Waals surface area contributed by atoms with Gasteiger partial charge in [-0.1, -0.05) is 30.3 Å². The highest BCUT2D eigenvalue weighted by atomic mass is 16.5. The molecule has 0 atom stereocenters. The van der Waals surface area contributed by atoms with Crippen molar-refractivity contribution in [3.05, 3.63) is 53.1 Å². The molecule has 2 aromatic rings. The fourth-order valence-corrected chi connectivity index (χ4v) is 2.09. The zero-order valence-corrected chi connectivity index (χ0v) is 10.9. The zero-order chi connectivity index (χ0) is 13.1. The summed E-state index contributed by atoms with van der Waals surface area (Å²) in [6, 6.07) is 10.4. The van der Waals surface area contributed by atoms with Crippen LogP contribution in [0.4, 0.5) is 0 Å². The van der Waals surface area contributed by atoms with E-state index in [0.717, 1.165) is 16.5 Å². The second-order valence-electron chi connectivity index (χ2n) is 4.32. The number of ether oxygens (including phenoxy) is 1. The van der Waals surface area contributed by atoms with Crippen molar-refractivity contribution in [2.75, 3.05) is 7.11 Å². The Kier molecular flexibility index (Phi) is 3.47. The first-order valence-electron chi connectivity index (χ1n) is 5.88. The van der Waals surface area contributed by atoms with Crippen LogP contribution >= 0.6 is 0 Å². The summed E-state index contributed by atoms with van der Waals surface area (Å²) in [4.78, 5) is 11.2. The van der Waals surface area contributed by atoms with Crippen molar-refractivity contribution in [3.63, 3.8) is 0 Å². The molecule has 0 aliphatic carbocycles. The van der Waals surface area contributed by atoms with Crippen LogP contribution in [-0.2, 0) is 9.53 Å². The highest BCUT2D eigenvalue weighted by Gasteiger charge is 2.04. The van der Waals surface area contributed by atoms with E-state index in [0.29, 0.717) is 0 Å². The Bertz CT molecular complexity index is 624. The van der Waals surface area contributed by atoms with E-state index < -0.39 is 0 Å². The van der Waals surface area contributed by atoms with E-state index in [1.165, 1.54) is 24.1 Å². The van der Waals surface area contributed by atoms with Gasteiger partial charge in [0.25, 0.3) is 0 Å². The van der Waals surface area contributed by atoms with Gasteiger partial charge in [-0.15, -0.1) is 0 Å². The highest BCUT2D eigenvalue weighted by molar-refractivity contribution is 5.97. The van der Waals surface area contributed by atoms with Gasteiger partial charge >= 0.3 is 5.97 Å². The van der Waals surface area contributed by atoms with Crippen LogP contribution in [0, 0.1) is 13.8 Å². The molecule has 0 aromatic heterocycles. The maximum Gasteiger partial charge on any atom is 0.330 e. The number of carbonyl (C=O) groups excluding carboxylic acids is 1. The van der Waals surface area contributed by atoms with Crippen molar-refractivity contribution in [2.24, 2.45) is 0 Å². The number of fused-ring (bicyclic) bond motifs is 1. The molecule has 2 aromatic carbocycles. The minimum absolute atomic E-state index is 0.334. The Labute approximate surface area is 107 Å². The lowest BCUT2D eigenvalue weighted by molar-refractivity contribution is -0.134. The van der Waals surface area contributed by atoms with E-state index in [1.54, 1.807) is 0 Å². The second kappa shape index (κ2) is 5.05. The van der Waals surface area contributed by atoms with Crippen molar-refractivity contribution < 1.29 is 9.53 Å². The van der Waals surface area contributed by atoms with Crippen LogP contribution in [0.1, 0.15) is 16.7 Å². The molecule has 0 fully saturated rings. The SMILES string of the molecule is COC(=O)C=Cc1c(C)ccc2c(C)cccc12. The lowest BCUT2D eigenvalue weighted by Crippen LogP contribution is -1.94. The van der Waals surface area contributed by atoms with Gasteiger partial charge in [-0.3, -0.25) is 0 Å². The van der Waals surface area contributed by atoms with Crippen LogP contribution < -0.4 is 0 Å². The molecule has 18 heavy (non-hydrogen) atoms. The molecule has 0 saturated heterocycles. The molecule has 2 heteroatoms. The first kappa shape index (κ1) is 12.4. The fourth-order valence-electron chi connectivity index (χ4n) is 2.09. The molecule has 0 aliphatic rings. The van der Waals surface area contributed by atoms with E-state index in [4.69, 9.17) is 0 Å². The van der Waals surface area contributed by atoms with Crippen LogP contribution in [-0.4, -0.2) is 13.1 Å². The molecule has 0 heterocycles. The summed E-state index contributed by atoms with van der Waals surface area (Å²) >= 11 is 0. The molecule has 2 rings (SSSR count). The maximum absolute atomic E-state index is 11.2. The average Bonchev–Trinajstić information content (AvgIpc) is 2.37. The summed E-state index contributed by atoms with van der Waals surface area (Å²) in [5.41, 5.74) is 3.45. The predicted octanol–water partition coefficient (Wildman–Crippen LogP) is 3.64. The molecule has 0 bridgehead atoms. The molecule has 0 spiro atoms. The highest BCUT2D eigenvalue weighted by Crippen LogP contribution is 2.25. The molecular formula is C16H16O2. The van der Waals surface area contributed by atoms with Gasteiger partial charge in [-0.2, -0.15) is 0 Å². The van der Waals surface area contributed by atoms with Crippen LogP contribution in [0.5, 0.6) is 0 Å². The molecule has 0 aliphatic heterocycles. The zero-order valence-electron chi connectivity index (χ0n) is 10.9. The Morgan fingerprint density at radius 2 is 1.83 bits per heavy atom. The van der Waals surface area contributed by atoms with E-state index in [-0.39, 0.29) is 5.97 Å².